The number of nitrogens with zero attached hydrogens (tertiary/aromatic N) is 4. The summed E-state index contributed by atoms with van der Waals surface area (Å²) >= 11 is 0. The molecule has 0 atom stereocenters. The minimum absolute atomic E-state index is 0.0677. The van der Waals surface area contributed by atoms with Crippen molar-refractivity contribution < 1.29 is 9.53 Å². The van der Waals surface area contributed by atoms with Crippen LogP contribution in [0, 0.1) is 6.92 Å². The summed E-state index contributed by atoms with van der Waals surface area (Å²) in [5, 5.41) is 7.75. The Bertz CT molecular complexity index is 594. The fourth-order valence-corrected chi connectivity index (χ4v) is 1.69. The summed E-state index contributed by atoms with van der Waals surface area (Å²) in [6, 6.07) is 7.79. The van der Waals surface area contributed by atoms with Crippen molar-refractivity contribution in [2.24, 2.45) is 0 Å². The number of ether oxygens (including phenoxy) is 1. The Morgan fingerprint density at radius 1 is 1.38 bits per heavy atom. The number of carbonyl (C=O) groups is 1. The topological polar surface area (TPSA) is 86.3 Å². The third-order valence-corrected chi connectivity index (χ3v) is 2.97. The van der Waals surface area contributed by atoms with E-state index >= 15 is 0 Å². The first kappa shape index (κ1) is 14.8. The van der Waals surface area contributed by atoms with Gasteiger partial charge in [0, 0.05) is 7.05 Å². The average Bonchev–Trinajstić information content (AvgIpc) is 2.86. The van der Waals surface area contributed by atoms with Gasteiger partial charge in [-0.25, -0.2) is 0 Å². The smallest absolute Gasteiger partial charge is 0.246 e. The van der Waals surface area contributed by atoms with Crippen LogP contribution in [0.5, 0.6) is 5.75 Å². The zero-order valence-corrected chi connectivity index (χ0v) is 12.2. The molecule has 0 radical (unpaired) electrons. The van der Waals surface area contributed by atoms with Gasteiger partial charge < -0.3 is 15.4 Å². The van der Waals surface area contributed by atoms with Gasteiger partial charge in [0.15, 0.2) is 5.82 Å². The Labute approximate surface area is 123 Å². The molecule has 0 aliphatic carbocycles. The minimum Gasteiger partial charge on any atom is -0.492 e. The molecule has 0 aliphatic heterocycles. The first-order chi connectivity index (χ1) is 10.0. The number of anilines is 1. The number of rotatable bonds is 6. The number of amides is 1. The van der Waals surface area contributed by atoms with E-state index in [-0.39, 0.29) is 12.5 Å². The lowest BCUT2D eigenvalue weighted by atomic mass is 10.2. The van der Waals surface area contributed by atoms with Gasteiger partial charge in [-0.15, -0.1) is 5.10 Å². The van der Waals surface area contributed by atoms with Gasteiger partial charge in [0.2, 0.25) is 5.91 Å². The predicted molar refractivity (Wildman–Crippen MR) is 78.7 cm³/mol. The molecule has 7 nitrogen and oxygen atoms in total. The van der Waals surface area contributed by atoms with Crippen molar-refractivity contribution in [2.75, 3.05) is 25.9 Å². The number of aryl methyl sites for hydroxylation is 1. The van der Waals surface area contributed by atoms with Crippen LogP contribution in [-0.2, 0) is 11.3 Å². The van der Waals surface area contributed by atoms with Crippen LogP contribution in [0.3, 0.4) is 0 Å². The molecule has 112 valence electrons. The molecule has 2 rings (SSSR count). The maximum Gasteiger partial charge on any atom is 0.246 e. The van der Waals surface area contributed by atoms with Gasteiger partial charge in [0.05, 0.1) is 12.7 Å². The van der Waals surface area contributed by atoms with E-state index in [0.29, 0.717) is 19.0 Å². The SMILES string of the molecule is Cc1ccc(OCCN(C)C(=O)Cn2ncc(N)n2)cc1. The minimum atomic E-state index is -0.0990. The van der Waals surface area contributed by atoms with Gasteiger partial charge in [0.25, 0.3) is 0 Å². The maximum absolute atomic E-state index is 11.9. The third kappa shape index (κ3) is 4.48. The molecular formula is C14H19N5O2. The summed E-state index contributed by atoms with van der Waals surface area (Å²) in [4.78, 5) is 14.8. The molecule has 0 fully saturated rings. The molecule has 0 bridgehead atoms. The quantitative estimate of drug-likeness (QED) is 0.846. The number of hydrogen-bond donors (Lipinski definition) is 1. The van der Waals surface area contributed by atoms with Crippen LogP contribution in [-0.4, -0.2) is 46.0 Å². The Balaban J connectivity index is 1.74. The molecular weight excluding hydrogens is 270 g/mol. The summed E-state index contributed by atoms with van der Waals surface area (Å²) in [6.45, 7) is 3.01. The molecule has 0 unspecified atom stereocenters. The van der Waals surface area contributed by atoms with E-state index in [9.17, 15) is 4.79 Å². The predicted octanol–water partition coefficient (Wildman–Crippen LogP) is 0.706. The molecule has 0 saturated carbocycles. The van der Waals surface area contributed by atoms with E-state index in [1.807, 2.05) is 31.2 Å². The largest absolute Gasteiger partial charge is 0.492 e. The lowest BCUT2D eigenvalue weighted by Crippen LogP contribution is -2.34. The van der Waals surface area contributed by atoms with Crippen LogP contribution in [0.15, 0.2) is 30.5 Å². The third-order valence-electron chi connectivity index (χ3n) is 2.97. The monoisotopic (exact) mass is 289 g/mol. The molecule has 21 heavy (non-hydrogen) atoms. The molecule has 0 aliphatic rings. The second-order valence-electron chi connectivity index (χ2n) is 4.78. The van der Waals surface area contributed by atoms with E-state index in [1.54, 1.807) is 11.9 Å². The van der Waals surface area contributed by atoms with Crippen molar-refractivity contribution in [2.45, 2.75) is 13.5 Å². The lowest BCUT2D eigenvalue weighted by Gasteiger charge is -2.17. The maximum atomic E-state index is 11.9. The second kappa shape index (κ2) is 6.74. The van der Waals surface area contributed by atoms with E-state index in [0.717, 1.165) is 5.75 Å². The van der Waals surface area contributed by atoms with Gasteiger partial charge >= 0.3 is 0 Å². The highest BCUT2D eigenvalue weighted by molar-refractivity contribution is 5.75. The Kier molecular flexibility index (Phi) is 4.76. The number of benzene rings is 1. The highest BCUT2D eigenvalue weighted by atomic mass is 16.5. The van der Waals surface area contributed by atoms with Crippen LogP contribution in [0.25, 0.3) is 0 Å². The molecule has 1 aromatic carbocycles. The summed E-state index contributed by atoms with van der Waals surface area (Å²) in [5.74, 6) is 0.995. The molecule has 1 aromatic heterocycles. The first-order valence-corrected chi connectivity index (χ1v) is 6.63. The van der Waals surface area contributed by atoms with Crippen molar-refractivity contribution in [3.05, 3.63) is 36.0 Å². The Hall–Kier alpha value is -2.57. The molecule has 2 N–H and O–H groups in total. The molecule has 1 heterocycles. The summed E-state index contributed by atoms with van der Waals surface area (Å²) in [6.07, 6.45) is 1.41. The fourth-order valence-electron chi connectivity index (χ4n) is 1.69. The summed E-state index contributed by atoms with van der Waals surface area (Å²) in [5.41, 5.74) is 6.63. The Morgan fingerprint density at radius 3 is 2.71 bits per heavy atom. The van der Waals surface area contributed by atoms with Crippen LogP contribution in [0.4, 0.5) is 5.82 Å². The summed E-state index contributed by atoms with van der Waals surface area (Å²) < 4.78 is 5.58. The molecule has 0 spiro atoms. The first-order valence-electron chi connectivity index (χ1n) is 6.63. The zero-order valence-electron chi connectivity index (χ0n) is 12.2. The number of aromatic nitrogens is 3. The Morgan fingerprint density at radius 2 is 2.10 bits per heavy atom. The number of nitrogens with two attached hydrogens (primary N) is 1. The molecule has 2 aromatic rings. The van der Waals surface area contributed by atoms with Crippen LogP contribution in [0.1, 0.15) is 5.56 Å². The van der Waals surface area contributed by atoms with Crippen molar-refractivity contribution in [1.82, 2.24) is 19.9 Å². The number of nitrogen functional groups attached to an aromatic ring is 1. The van der Waals surface area contributed by atoms with Gasteiger partial charge in [-0.05, 0) is 19.1 Å². The number of carbonyl (C=O) groups excluding carboxylic acids is 1. The van der Waals surface area contributed by atoms with Crippen molar-refractivity contribution in [3.8, 4) is 5.75 Å². The zero-order chi connectivity index (χ0) is 15.2. The van der Waals surface area contributed by atoms with Crippen molar-refractivity contribution in [3.63, 3.8) is 0 Å². The van der Waals surface area contributed by atoms with Crippen LogP contribution in [0.2, 0.25) is 0 Å². The molecule has 0 saturated heterocycles. The van der Waals surface area contributed by atoms with Crippen LogP contribution >= 0.6 is 0 Å². The van der Waals surface area contributed by atoms with E-state index in [1.165, 1.54) is 16.6 Å². The fraction of sp³-hybridized carbons (Fsp3) is 0.357. The van der Waals surface area contributed by atoms with Gasteiger partial charge in [-0.1, -0.05) is 17.7 Å². The van der Waals surface area contributed by atoms with Gasteiger partial charge in [-0.2, -0.15) is 9.90 Å². The van der Waals surface area contributed by atoms with E-state index in [2.05, 4.69) is 10.2 Å². The van der Waals surface area contributed by atoms with Crippen LogP contribution < -0.4 is 10.5 Å². The number of hydrogen-bond acceptors (Lipinski definition) is 5. The van der Waals surface area contributed by atoms with Crippen molar-refractivity contribution >= 4 is 11.7 Å². The highest BCUT2D eigenvalue weighted by Gasteiger charge is 2.11. The van der Waals surface area contributed by atoms with Gasteiger partial charge in [0.1, 0.15) is 18.9 Å². The standard InChI is InChI=1S/C14H19N5O2/c1-11-3-5-12(6-4-11)21-8-7-18(2)14(20)10-19-16-9-13(15)17-19/h3-6,9H,7-8,10H2,1-2H3,(H2,15,17). The van der Waals surface area contributed by atoms with E-state index < -0.39 is 0 Å². The normalized spacial score (nSPS) is 10.4. The van der Waals surface area contributed by atoms with E-state index in [4.69, 9.17) is 10.5 Å². The number of likely N-dealkylation sites (N-methyl/N-ethyl adjacent to an activating group) is 1. The lowest BCUT2D eigenvalue weighted by molar-refractivity contribution is -0.131. The molecule has 7 heteroatoms. The van der Waals surface area contributed by atoms with Gasteiger partial charge in [-0.3, -0.25) is 4.79 Å². The second-order valence-corrected chi connectivity index (χ2v) is 4.78. The molecule has 1 amide bonds. The summed E-state index contributed by atoms with van der Waals surface area (Å²) in [7, 11) is 1.72. The average molecular weight is 289 g/mol. The highest BCUT2D eigenvalue weighted by Crippen LogP contribution is 2.11. The van der Waals surface area contributed by atoms with Crippen molar-refractivity contribution in [1.29, 1.82) is 0 Å².